The topological polar surface area (TPSA) is 114 Å². The highest BCUT2D eigenvalue weighted by molar-refractivity contribution is 14.1. The van der Waals surface area contributed by atoms with Gasteiger partial charge in [-0.3, -0.25) is 0 Å². The van der Waals surface area contributed by atoms with Gasteiger partial charge in [-0.2, -0.15) is 15.7 Å². The molecule has 2 N–H and O–H groups in total. The number of rotatable bonds is 3. The molecule has 10 heteroatoms. The zero-order valence-corrected chi connectivity index (χ0v) is 13.8. The number of halogens is 3. The Kier molecular flexibility index (Phi) is 4.82. The fraction of sp³-hybridized carbons (Fsp3) is 0. The summed E-state index contributed by atoms with van der Waals surface area (Å²) in [6, 6.07) is 5.19. The van der Waals surface area contributed by atoms with Gasteiger partial charge in [-0.15, -0.1) is 10.2 Å². The number of hydrogen-bond donors (Lipinski definition) is 2. The molecule has 104 valence electrons. The lowest BCUT2D eigenvalue weighted by molar-refractivity contribution is 0.617. The van der Waals surface area contributed by atoms with Gasteiger partial charge in [-0.1, -0.05) is 0 Å². The van der Waals surface area contributed by atoms with E-state index in [0.29, 0.717) is 3.57 Å². The SMILES string of the molecule is N#CC(=CNc1c(I)cc(Br)c(F)c1C#N)c1nn[nH]n1. The van der Waals surface area contributed by atoms with E-state index in [1.165, 1.54) is 12.3 Å². The average molecular weight is 460 g/mol. The van der Waals surface area contributed by atoms with Crippen LogP contribution in [0.15, 0.2) is 16.7 Å². The van der Waals surface area contributed by atoms with E-state index in [4.69, 9.17) is 10.5 Å². The minimum atomic E-state index is -0.674. The van der Waals surface area contributed by atoms with Crippen molar-refractivity contribution in [2.24, 2.45) is 0 Å². The van der Waals surface area contributed by atoms with Crippen molar-refractivity contribution in [3.8, 4) is 12.1 Å². The first kappa shape index (κ1) is 15.3. The molecule has 0 aliphatic heterocycles. The Hall–Kier alpha value is -2.05. The first-order valence-electron chi connectivity index (χ1n) is 5.26. The van der Waals surface area contributed by atoms with Gasteiger partial charge in [0.1, 0.15) is 23.3 Å². The number of nitrogens with zero attached hydrogens (tertiary/aromatic N) is 5. The normalized spacial score (nSPS) is 10.8. The highest BCUT2D eigenvalue weighted by Crippen LogP contribution is 2.31. The van der Waals surface area contributed by atoms with Crippen molar-refractivity contribution >= 4 is 49.8 Å². The third-order valence-electron chi connectivity index (χ3n) is 2.35. The fourth-order valence-corrected chi connectivity index (χ4v) is 3.00. The van der Waals surface area contributed by atoms with E-state index in [2.05, 4.69) is 41.9 Å². The molecule has 21 heavy (non-hydrogen) atoms. The Morgan fingerprint density at radius 1 is 1.52 bits per heavy atom. The fourth-order valence-electron chi connectivity index (χ4n) is 1.41. The second-order valence-electron chi connectivity index (χ2n) is 3.57. The molecule has 0 atom stereocenters. The number of tetrazole rings is 1. The maximum atomic E-state index is 13.9. The Morgan fingerprint density at radius 2 is 2.29 bits per heavy atom. The summed E-state index contributed by atoms with van der Waals surface area (Å²) < 4.78 is 14.7. The summed E-state index contributed by atoms with van der Waals surface area (Å²) in [4.78, 5) is 0. The van der Waals surface area contributed by atoms with Crippen LogP contribution in [0, 0.1) is 32.0 Å². The van der Waals surface area contributed by atoms with Crippen LogP contribution in [-0.2, 0) is 0 Å². The molecule has 2 aromatic rings. The monoisotopic (exact) mass is 459 g/mol. The van der Waals surface area contributed by atoms with Gasteiger partial charge in [-0.05, 0) is 49.8 Å². The molecule has 1 aromatic heterocycles. The molecule has 0 aliphatic carbocycles. The van der Waals surface area contributed by atoms with Crippen LogP contribution in [0.5, 0.6) is 0 Å². The van der Waals surface area contributed by atoms with E-state index in [9.17, 15) is 4.39 Å². The van der Waals surface area contributed by atoms with Crippen LogP contribution in [0.4, 0.5) is 10.1 Å². The lowest BCUT2D eigenvalue weighted by Crippen LogP contribution is -2.00. The van der Waals surface area contributed by atoms with Crippen molar-refractivity contribution in [2.75, 3.05) is 5.32 Å². The number of H-pyrrole nitrogens is 1. The Morgan fingerprint density at radius 3 is 2.86 bits per heavy atom. The second kappa shape index (κ2) is 6.60. The van der Waals surface area contributed by atoms with Crippen molar-refractivity contribution < 1.29 is 4.39 Å². The van der Waals surface area contributed by atoms with E-state index in [1.54, 1.807) is 6.07 Å². The summed E-state index contributed by atoms with van der Waals surface area (Å²) in [5.74, 6) is -0.581. The molecule has 0 aliphatic rings. The molecule has 0 bridgehead atoms. The van der Waals surface area contributed by atoms with Crippen LogP contribution in [0.25, 0.3) is 5.57 Å². The molecule has 0 amide bonds. The summed E-state index contributed by atoms with van der Waals surface area (Å²) >= 11 is 4.99. The van der Waals surface area contributed by atoms with Crippen LogP contribution in [-0.4, -0.2) is 20.6 Å². The van der Waals surface area contributed by atoms with E-state index in [1.807, 2.05) is 28.7 Å². The molecule has 0 unspecified atom stereocenters. The van der Waals surface area contributed by atoms with Crippen molar-refractivity contribution in [1.82, 2.24) is 20.6 Å². The Balaban J connectivity index is 2.44. The number of nitrogens with one attached hydrogen (secondary N) is 2. The summed E-state index contributed by atoms with van der Waals surface area (Å²) in [6.07, 6.45) is 1.29. The van der Waals surface area contributed by atoms with Gasteiger partial charge in [0.2, 0.25) is 5.82 Å². The zero-order chi connectivity index (χ0) is 15.4. The third kappa shape index (κ3) is 3.17. The summed E-state index contributed by atoms with van der Waals surface area (Å²) in [5, 5.41) is 33.8. The lowest BCUT2D eigenvalue weighted by atomic mass is 10.2. The summed E-state index contributed by atoms with van der Waals surface area (Å²) in [6.45, 7) is 0. The smallest absolute Gasteiger partial charge is 0.216 e. The molecule has 7 nitrogen and oxygen atoms in total. The van der Waals surface area contributed by atoms with E-state index in [-0.39, 0.29) is 27.1 Å². The average Bonchev–Trinajstić information content (AvgIpc) is 2.99. The quantitative estimate of drug-likeness (QED) is 0.414. The number of hydrogen-bond acceptors (Lipinski definition) is 6. The number of aromatic amines is 1. The second-order valence-corrected chi connectivity index (χ2v) is 5.58. The summed E-state index contributed by atoms with van der Waals surface area (Å²) in [7, 11) is 0. The lowest BCUT2D eigenvalue weighted by Gasteiger charge is -2.09. The maximum absolute atomic E-state index is 13.9. The van der Waals surface area contributed by atoms with Crippen molar-refractivity contribution in [3.63, 3.8) is 0 Å². The first-order chi connectivity index (χ1) is 10.1. The minimum absolute atomic E-state index is 0.0896. The van der Waals surface area contributed by atoms with Crippen LogP contribution < -0.4 is 5.32 Å². The molecular formula is C11H4BrFIN7. The highest BCUT2D eigenvalue weighted by atomic mass is 127. The number of allylic oxidation sites excluding steroid dienone is 1. The first-order valence-corrected chi connectivity index (χ1v) is 7.14. The molecule has 0 saturated carbocycles. The van der Waals surface area contributed by atoms with Gasteiger partial charge in [0, 0.05) is 9.77 Å². The standard InChI is InChI=1S/C11H4BrFIN7/c12-7-1-8(14)10(6(3-16)9(7)13)17-4-5(2-15)11-18-20-21-19-11/h1,4,17H,(H,18,19,20,21). The van der Waals surface area contributed by atoms with Gasteiger partial charge >= 0.3 is 0 Å². The third-order valence-corrected chi connectivity index (χ3v) is 3.78. The largest absolute Gasteiger partial charge is 0.358 e. The molecule has 0 radical (unpaired) electrons. The van der Waals surface area contributed by atoms with Crippen LogP contribution in [0.2, 0.25) is 0 Å². The number of aromatic nitrogens is 4. The number of anilines is 1. The van der Waals surface area contributed by atoms with Gasteiger partial charge in [0.05, 0.1) is 10.2 Å². The number of nitriles is 2. The van der Waals surface area contributed by atoms with E-state index >= 15 is 0 Å². The highest BCUT2D eigenvalue weighted by Gasteiger charge is 2.16. The molecule has 0 spiro atoms. The molecule has 1 aromatic carbocycles. The van der Waals surface area contributed by atoms with Gasteiger partial charge < -0.3 is 5.32 Å². The van der Waals surface area contributed by atoms with E-state index < -0.39 is 5.82 Å². The molecule has 0 saturated heterocycles. The number of benzene rings is 1. The van der Waals surface area contributed by atoms with Crippen molar-refractivity contribution in [2.45, 2.75) is 0 Å². The Bertz CT molecular complexity index is 788. The van der Waals surface area contributed by atoms with Crippen LogP contribution in [0.1, 0.15) is 11.4 Å². The molecule has 0 fully saturated rings. The van der Waals surface area contributed by atoms with Gasteiger partial charge in [0.15, 0.2) is 5.82 Å². The van der Waals surface area contributed by atoms with Gasteiger partial charge in [0.25, 0.3) is 0 Å². The summed E-state index contributed by atoms with van der Waals surface area (Å²) in [5.41, 5.74) is 0.192. The van der Waals surface area contributed by atoms with Gasteiger partial charge in [-0.25, -0.2) is 4.39 Å². The van der Waals surface area contributed by atoms with Crippen molar-refractivity contribution in [1.29, 1.82) is 10.5 Å². The zero-order valence-electron chi connectivity index (χ0n) is 10.0. The maximum Gasteiger partial charge on any atom is 0.216 e. The molecule has 2 rings (SSSR count). The predicted molar refractivity (Wildman–Crippen MR) is 82.9 cm³/mol. The molecular weight excluding hydrogens is 456 g/mol. The van der Waals surface area contributed by atoms with Crippen LogP contribution in [0.3, 0.4) is 0 Å². The molecule has 1 heterocycles. The van der Waals surface area contributed by atoms with Crippen molar-refractivity contribution in [3.05, 3.63) is 37.5 Å². The Labute approximate surface area is 140 Å². The van der Waals surface area contributed by atoms with Crippen LogP contribution >= 0.6 is 38.5 Å². The van der Waals surface area contributed by atoms with E-state index in [0.717, 1.165) is 0 Å². The minimum Gasteiger partial charge on any atom is -0.358 e. The predicted octanol–water partition coefficient (Wildman–Crippen LogP) is 2.55.